The van der Waals surface area contributed by atoms with Gasteiger partial charge in [-0.3, -0.25) is 38.5 Å². The Labute approximate surface area is 430 Å². The van der Waals surface area contributed by atoms with E-state index in [0.29, 0.717) is 51.7 Å². The Bertz CT molecular complexity index is 2020. The zero-order chi connectivity index (χ0) is 53.7. The number of benzene rings is 2. The van der Waals surface area contributed by atoms with E-state index in [2.05, 4.69) is 21.3 Å². The number of carbonyl (C=O) groups excluding carboxylic acids is 7. The fourth-order valence-corrected chi connectivity index (χ4v) is 10.0. The molecule has 4 N–H and O–H groups in total. The van der Waals surface area contributed by atoms with Gasteiger partial charge in [0.05, 0.1) is 55.3 Å². The molecule has 1 saturated heterocycles. The van der Waals surface area contributed by atoms with E-state index < -0.39 is 48.3 Å². The Morgan fingerprint density at radius 1 is 0.764 bits per heavy atom. The van der Waals surface area contributed by atoms with Gasteiger partial charge in [0, 0.05) is 53.1 Å². The van der Waals surface area contributed by atoms with Gasteiger partial charge in [-0.05, 0) is 68.2 Å². The highest BCUT2D eigenvalue weighted by atomic mass is 16.5. The van der Waals surface area contributed by atoms with Crippen LogP contribution in [0.15, 0.2) is 60.7 Å². The van der Waals surface area contributed by atoms with Crippen LogP contribution in [0.5, 0.6) is 0 Å². The standard InChI is InChI=1S/C56H89N7O9/c1-14-39(8)51(62(11)49(66)35-58-56(70)50(37(4)5)61(10)29-22-28-47(64)59-43(31-36(2)3)52(67)38(6)7)46(71-12)33-48(65)63-30-21-27-45(63)53(72-13)40(9)54(68)60-44(32-41-23-17-15-18-24-41)55(69)57-34-42-25-19-16-20-26-42/h15-20,23-26,36-40,43-46,50-51,53H,14,21-22,27-35H2,1-13H3,(H,57,69)(H,58,70)(H,59,64)(H,60,68)/t39?,40?,43-,44+,45?,46?,50?,51?,53?/m1/s1. The average molecular weight is 1000 g/mol. The maximum absolute atomic E-state index is 14.4. The minimum Gasteiger partial charge on any atom is -0.379 e. The van der Waals surface area contributed by atoms with Crippen LogP contribution in [0.3, 0.4) is 0 Å². The van der Waals surface area contributed by atoms with Crippen LogP contribution in [0, 0.1) is 29.6 Å². The van der Waals surface area contributed by atoms with E-state index in [9.17, 15) is 33.6 Å². The van der Waals surface area contributed by atoms with Crippen molar-refractivity contribution < 1.29 is 43.0 Å². The Morgan fingerprint density at radius 3 is 1.94 bits per heavy atom. The number of amides is 6. The van der Waals surface area contributed by atoms with Gasteiger partial charge < -0.3 is 40.5 Å². The fraction of sp³-hybridized carbons (Fsp3) is 0.661. The third-order valence-electron chi connectivity index (χ3n) is 14.2. The van der Waals surface area contributed by atoms with Gasteiger partial charge in [0.15, 0.2) is 5.78 Å². The summed E-state index contributed by atoms with van der Waals surface area (Å²) in [5.41, 5.74) is 1.83. The molecule has 72 heavy (non-hydrogen) atoms. The van der Waals surface area contributed by atoms with Crippen LogP contribution >= 0.6 is 0 Å². The molecule has 1 aliphatic heterocycles. The van der Waals surface area contributed by atoms with Crippen molar-refractivity contribution in [1.29, 1.82) is 0 Å². The first kappa shape index (κ1) is 61.1. The smallest absolute Gasteiger partial charge is 0.243 e. The lowest BCUT2D eigenvalue weighted by Gasteiger charge is -2.39. The number of hydrogen-bond donors (Lipinski definition) is 4. The highest BCUT2D eigenvalue weighted by molar-refractivity contribution is 5.91. The molecule has 16 heteroatoms. The zero-order valence-corrected chi connectivity index (χ0v) is 45.7. The molecule has 9 atom stereocenters. The number of likely N-dealkylation sites (tertiary alicyclic amines) is 1. The molecular formula is C56H89N7O9. The van der Waals surface area contributed by atoms with Crippen molar-refractivity contribution in [2.45, 2.75) is 163 Å². The van der Waals surface area contributed by atoms with Gasteiger partial charge in [-0.15, -0.1) is 0 Å². The van der Waals surface area contributed by atoms with Crippen molar-refractivity contribution in [2.75, 3.05) is 47.9 Å². The molecule has 3 rings (SSSR count). The summed E-state index contributed by atoms with van der Waals surface area (Å²) >= 11 is 0. The van der Waals surface area contributed by atoms with E-state index in [4.69, 9.17) is 9.47 Å². The molecule has 16 nitrogen and oxygen atoms in total. The minimum absolute atomic E-state index is 0.0162. The summed E-state index contributed by atoms with van der Waals surface area (Å²) in [6, 6.07) is 16.2. The molecule has 0 spiro atoms. The SMILES string of the molecule is CCC(C)C(C(CC(=O)N1CCCC1C(OC)C(C)C(=O)N[C@@H](Cc1ccccc1)C(=O)NCc1ccccc1)OC)N(C)C(=O)CNC(=O)C(C(C)C)N(C)CCCC(=O)N[C@H](CC(C)C)C(=O)C(C)C. The number of likely N-dealkylation sites (N-methyl/N-ethyl adjacent to an activating group) is 2. The zero-order valence-electron chi connectivity index (χ0n) is 45.7. The molecule has 6 amide bonds. The number of Topliss-reactive ketones (excluding diaryl/α,β-unsaturated/α-hetero) is 1. The third-order valence-corrected chi connectivity index (χ3v) is 14.2. The molecule has 1 fully saturated rings. The highest BCUT2D eigenvalue weighted by Crippen LogP contribution is 2.29. The van der Waals surface area contributed by atoms with E-state index >= 15 is 0 Å². The van der Waals surface area contributed by atoms with E-state index in [-0.39, 0.29) is 90.7 Å². The highest BCUT2D eigenvalue weighted by Gasteiger charge is 2.43. The summed E-state index contributed by atoms with van der Waals surface area (Å²) in [5, 5.41) is 11.8. The number of carbonyl (C=O) groups is 7. The second-order valence-corrected chi connectivity index (χ2v) is 20.9. The largest absolute Gasteiger partial charge is 0.379 e. The van der Waals surface area contributed by atoms with Crippen molar-refractivity contribution in [3.63, 3.8) is 0 Å². The van der Waals surface area contributed by atoms with Gasteiger partial charge in [0.25, 0.3) is 0 Å². The van der Waals surface area contributed by atoms with Crippen LogP contribution in [-0.4, -0.2) is 146 Å². The molecule has 2 aromatic rings. The van der Waals surface area contributed by atoms with Crippen LogP contribution in [0.25, 0.3) is 0 Å². The van der Waals surface area contributed by atoms with Crippen LogP contribution < -0.4 is 21.3 Å². The minimum atomic E-state index is -0.857. The molecule has 402 valence electrons. The lowest BCUT2D eigenvalue weighted by molar-refractivity contribution is -0.146. The number of methoxy groups -OCH3 is 2. The molecule has 7 unspecified atom stereocenters. The van der Waals surface area contributed by atoms with Crippen molar-refractivity contribution >= 4 is 41.2 Å². The summed E-state index contributed by atoms with van der Waals surface area (Å²) in [4.78, 5) is 101. The number of hydrogen-bond acceptors (Lipinski definition) is 10. The van der Waals surface area contributed by atoms with E-state index in [1.165, 1.54) is 14.2 Å². The summed E-state index contributed by atoms with van der Waals surface area (Å²) in [6.45, 7) is 18.3. The predicted octanol–water partition coefficient (Wildman–Crippen LogP) is 5.56. The predicted molar refractivity (Wildman–Crippen MR) is 281 cm³/mol. The van der Waals surface area contributed by atoms with Gasteiger partial charge in [0.2, 0.25) is 35.4 Å². The van der Waals surface area contributed by atoms with Crippen LogP contribution in [0.2, 0.25) is 0 Å². The molecule has 0 aromatic heterocycles. The normalized spacial score (nSPS) is 17.1. The molecular weight excluding hydrogens is 915 g/mol. The number of nitrogens with zero attached hydrogens (tertiary/aromatic N) is 3. The Balaban J connectivity index is 1.66. The third kappa shape index (κ3) is 18.7. The first-order valence-electron chi connectivity index (χ1n) is 26.2. The second-order valence-electron chi connectivity index (χ2n) is 20.9. The summed E-state index contributed by atoms with van der Waals surface area (Å²) < 4.78 is 12.1. The quantitative estimate of drug-likeness (QED) is 0.0743. The lowest BCUT2D eigenvalue weighted by atomic mass is 9.90. The van der Waals surface area contributed by atoms with Crippen molar-refractivity contribution in [1.82, 2.24) is 36.0 Å². The van der Waals surface area contributed by atoms with Crippen molar-refractivity contribution in [2.24, 2.45) is 29.6 Å². The molecule has 2 aromatic carbocycles. The van der Waals surface area contributed by atoms with Crippen LogP contribution in [0.4, 0.5) is 0 Å². The molecule has 0 radical (unpaired) electrons. The number of nitrogens with one attached hydrogen (secondary N) is 4. The second kappa shape index (κ2) is 30.8. The van der Waals surface area contributed by atoms with Gasteiger partial charge in [-0.1, -0.05) is 129 Å². The number of ether oxygens (including phenoxy) is 2. The van der Waals surface area contributed by atoms with Crippen molar-refractivity contribution in [3.8, 4) is 0 Å². The summed E-state index contributed by atoms with van der Waals surface area (Å²) in [6.07, 6.45) is 2.14. The van der Waals surface area contributed by atoms with E-state index in [0.717, 1.165) is 11.1 Å². The van der Waals surface area contributed by atoms with Gasteiger partial charge >= 0.3 is 0 Å². The van der Waals surface area contributed by atoms with E-state index in [1.54, 1.807) is 23.8 Å². The molecule has 1 heterocycles. The molecule has 0 bridgehead atoms. The topological polar surface area (TPSA) is 196 Å². The number of ketones is 1. The Hall–Kier alpha value is -5.19. The van der Waals surface area contributed by atoms with E-state index in [1.807, 2.05) is 128 Å². The van der Waals surface area contributed by atoms with Gasteiger partial charge in [-0.2, -0.15) is 0 Å². The lowest BCUT2D eigenvalue weighted by Crippen LogP contribution is -2.56. The first-order valence-corrected chi connectivity index (χ1v) is 26.2. The Kier molecular flexibility index (Phi) is 26.1. The monoisotopic (exact) mass is 1000 g/mol. The Morgan fingerprint density at radius 2 is 1.39 bits per heavy atom. The molecule has 1 aliphatic rings. The first-order chi connectivity index (χ1) is 34.1. The van der Waals surface area contributed by atoms with Gasteiger partial charge in [-0.25, -0.2) is 0 Å². The fourth-order valence-electron chi connectivity index (χ4n) is 10.0. The van der Waals surface area contributed by atoms with Crippen molar-refractivity contribution in [3.05, 3.63) is 71.8 Å². The van der Waals surface area contributed by atoms with Gasteiger partial charge in [0.1, 0.15) is 6.04 Å². The summed E-state index contributed by atoms with van der Waals surface area (Å²) in [7, 11) is 6.56. The average Bonchev–Trinajstić information content (AvgIpc) is 3.84. The van der Waals surface area contributed by atoms with Crippen LogP contribution in [0.1, 0.15) is 118 Å². The summed E-state index contributed by atoms with van der Waals surface area (Å²) in [5.74, 6) is -2.56. The van der Waals surface area contributed by atoms with Crippen LogP contribution in [-0.2, 0) is 56.0 Å². The molecule has 0 saturated carbocycles. The maximum Gasteiger partial charge on any atom is 0.243 e. The molecule has 0 aliphatic carbocycles. The maximum atomic E-state index is 14.4. The number of rotatable bonds is 31.